The lowest BCUT2D eigenvalue weighted by Crippen LogP contribution is -2.25. The Morgan fingerprint density at radius 3 is 3.17 bits per heavy atom. The third-order valence-electron chi connectivity index (χ3n) is 2.72. The van der Waals surface area contributed by atoms with Crippen LogP contribution in [0, 0.1) is 11.8 Å². The van der Waals surface area contributed by atoms with Crippen molar-refractivity contribution in [2.75, 3.05) is 19.1 Å². The molecule has 1 aromatic rings. The summed E-state index contributed by atoms with van der Waals surface area (Å²) in [6.45, 7) is 1.42. The molecule has 96 valence electrons. The number of nitrogens with zero attached hydrogens (tertiary/aromatic N) is 1. The number of ether oxygens (including phenoxy) is 2. The van der Waals surface area contributed by atoms with Gasteiger partial charge in [0.1, 0.15) is 12.4 Å². The average Bonchev–Trinajstić information content (AvgIpc) is 2.44. The van der Waals surface area contributed by atoms with E-state index in [-0.39, 0.29) is 6.10 Å². The van der Waals surface area contributed by atoms with Crippen molar-refractivity contribution in [3.8, 4) is 17.6 Å². The van der Waals surface area contributed by atoms with Crippen LogP contribution in [0.1, 0.15) is 24.8 Å². The number of aromatic nitrogens is 1. The zero-order chi connectivity index (χ0) is 12.6. The van der Waals surface area contributed by atoms with Crippen molar-refractivity contribution < 1.29 is 9.47 Å². The third-order valence-corrected chi connectivity index (χ3v) is 2.86. The van der Waals surface area contributed by atoms with Gasteiger partial charge in [0, 0.05) is 18.4 Å². The Balaban J connectivity index is 1.88. The number of pyridine rings is 1. The van der Waals surface area contributed by atoms with Crippen LogP contribution in [-0.2, 0) is 4.74 Å². The van der Waals surface area contributed by atoms with E-state index in [0.29, 0.717) is 12.5 Å². The molecular weight excluding hydrogens is 250 g/mol. The van der Waals surface area contributed by atoms with Crippen molar-refractivity contribution >= 4 is 11.6 Å². The van der Waals surface area contributed by atoms with Crippen molar-refractivity contribution in [2.24, 2.45) is 0 Å². The van der Waals surface area contributed by atoms with E-state index >= 15 is 0 Å². The molecule has 3 nitrogen and oxygen atoms in total. The van der Waals surface area contributed by atoms with Crippen LogP contribution >= 0.6 is 11.6 Å². The van der Waals surface area contributed by atoms with Crippen LogP contribution < -0.4 is 4.74 Å². The molecule has 4 heteroatoms. The highest BCUT2D eigenvalue weighted by Crippen LogP contribution is 2.16. The summed E-state index contributed by atoms with van der Waals surface area (Å²) in [6, 6.07) is 1.87. The number of rotatable bonds is 3. The minimum atomic E-state index is 0.205. The Bertz CT molecular complexity index is 433. The minimum absolute atomic E-state index is 0.205. The molecule has 1 saturated heterocycles. The molecule has 18 heavy (non-hydrogen) atoms. The van der Waals surface area contributed by atoms with E-state index < -0.39 is 0 Å². The SMILES string of the molecule is ClCC#Cc1cncc(OCC2CCCCO2)c1. The Labute approximate surface area is 112 Å². The first-order valence-electron chi connectivity index (χ1n) is 6.13. The van der Waals surface area contributed by atoms with E-state index in [1.807, 2.05) is 6.07 Å². The normalized spacial score (nSPS) is 18.8. The molecule has 0 amide bonds. The first-order chi connectivity index (χ1) is 8.88. The summed E-state index contributed by atoms with van der Waals surface area (Å²) in [5.74, 6) is 6.76. The Morgan fingerprint density at radius 2 is 2.39 bits per heavy atom. The summed E-state index contributed by atoms with van der Waals surface area (Å²) < 4.78 is 11.3. The Kier molecular flexibility index (Phi) is 5.32. The van der Waals surface area contributed by atoms with Gasteiger partial charge < -0.3 is 9.47 Å². The predicted octanol–water partition coefficient (Wildman–Crippen LogP) is 2.62. The van der Waals surface area contributed by atoms with Gasteiger partial charge in [0.05, 0.1) is 18.2 Å². The maximum Gasteiger partial charge on any atom is 0.138 e. The smallest absolute Gasteiger partial charge is 0.138 e. The van der Waals surface area contributed by atoms with Gasteiger partial charge in [-0.25, -0.2) is 0 Å². The molecule has 0 aromatic carbocycles. The standard InChI is InChI=1S/C14H16ClNO2/c15-6-3-4-12-8-14(10-16-9-12)18-11-13-5-1-2-7-17-13/h8-10,13H,1-2,5-7,11H2. The van der Waals surface area contributed by atoms with Gasteiger partial charge in [0.15, 0.2) is 0 Å². The number of alkyl halides is 1. The predicted molar refractivity (Wildman–Crippen MR) is 70.9 cm³/mol. The number of hydrogen-bond acceptors (Lipinski definition) is 3. The van der Waals surface area contributed by atoms with Crippen molar-refractivity contribution in [3.63, 3.8) is 0 Å². The van der Waals surface area contributed by atoms with E-state index in [4.69, 9.17) is 21.1 Å². The van der Waals surface area contributed by atoms with Crippen LogP contribution in [0.3, 0.4) is 0 Å². The maximum atomic E-state index is 5.68. The molecule has 1 aliphatic heterocycles. The lowest BCUT2D eigenvalue weighted by atomic mass is 10.1. The monoisotopic (exact) mass is 265 g/mol. The van der Waals surface area contributed by atoms with Crippen LogP contribution in [0.2, 0.25) is 0 Å². The van der Waals surface area contributed by atoms with Crippen molar-refractivity contribution in [1.82, 2.24) is 4.98 Å². The summed E-state index contributed by atoms with van der Waals surface area (Å²) in [7, 11) is 0. The van der Waals surface area contributed by atoms with Gasteiger partial charge in [-0.05, 0) is 25.3 Å². The van der Waals surface area contributed by atoms with E-state index in [1.54, 1.807) is 12.4 Å². The van der Waals surface area contributed by atoms with E-state index in [1.165, 1.54) is 6.42 Å². The molecule has 1 aromatic heterocycles. The molecule has 1 fully saturated rings. The Hall–Kier alpha value is -1.24. The van der Waals surface area contributed by atoms with Gasteiger partial charge in [-0.3, -0.25) is 4.98 Å². The van der Waals surface area contributed by atoms with Gasteiger partial charge in [-0.2, -0.15) is 0 Å². The van der Waals surface area contributed by atoms with Gasteiger partial charge in [0.2, 0.25) is 0 Å². The fourth-order valence-corrected chi connectivity index (χ4v) is 1.90. The molecule has 0 spiro atoms. The molecular formula is C14H16ClNO2. The minimum Gasteiger partial charge on any atom is -0.489 e. The zero-order valence-electron chi connectivity index (χ0n) is 10.2. The van der Waals surface area contributed by atoms with Gasteiger partial charge in [-0.1, -0.05) is 11.8 Å². The molecule has 1 unspecified atom stereocenters. The molecule has 0 N–H and O–H groups in total. The number of hydrogen-bond donors (Lipinski definition) is 0. The van der Waals surface area contributed by atoms with Crippen LogP contribution in [-0.4, -0.2) is 30.2 Å². The quantitative estimate of drug-likeness (QED) is 0.622. The highest BCUT2D eigenvalue weighted by Gasteiger charge is 2.14. The molecule has 0 aliphatic carbocycles. The summed E-state index contributed by atoms with van der Waals surface area (Å²) >= 11 is 5.51. The van der Waals surface area contributed by atoms with E-state index in [2.05, 4.69) is 16.8 Å². The zero-order valence-corrected chi connectivity index (χ0v) is 10.9. The molecule has 0 radical (unpaired) electrons. The van der Waals surface area contributed by atoms with Gasteiger partial charge >= 0.3 is 0 Å². The fraction of sp³-hybridized carbons (Fsp3) is 0.500. The van der Waals surface area contributed by atoms with Crippen molar-refractivity contribution in [2.45, 2.75) is 25.4 Å². The maximum absolute atomic E-state index is 5.68. The summed E-state index contributed by atoms with van der Waals surface area (Å²) in [5.41, 5.74) is 0.817. The number of halogens is 1. The third kappa shape index (κ3) is 4.21. The van der Waals surface area contributed by atoms with Crippen LogP contribution in [0.4, 0.5) is 0 Å². The van der Waals surface area contributed by atoms with Gasteiger partial charge in [-0.15, -0.1) is 11.6 Å². The van der Waals surface area contributed by atoms with Crippen LogP contribution in [0.15, 0.2) is 18.5 Å². The topological polar surface area (TPSA) is 31.4 Å². The van der Waals surface area contributed by atoms with Crippen LogP contribution in [0.25, 0.3) is 0 Å². The molecule has 1 atom stereocenters. The van der Waals surface area contributed by atoms with Gasteiger partial charge in [0.25, 0.3) is 0 Å². The second-order valence-corrected chi connectivity index (χ2v) is 4.41. The summed E-state index contributed by atoms with van der Waals surface area (Å²) in [6.07, 6.45) is 7.03. The lowest BCUT2D eigenvalue weighted by Gasteiger charge is -2.22. The first kappa shape index (κ1) is 13.2. The van der Waals surface area contributed by atoms with Crippen molar-refractivity contribution in [1.29, 1.82) is 0 Å². The van der Waals surface area contributed by atoms with Crippen molar-refractivity contribution in [3.05, 3.63) is 24.0 Å². The van der Waals surface area contributed by atoms with Crippen LogP contribution in [0.5, 0.6) is 5.75 Å². The molecule has 2 heterocycles. The molecule has 1 aliphatic rings. The second kappa shape index (κ2) is 7.25. The molecule has 2 rings (SSSR count). The lowest BCUT2D eigenvalue weighted by molar-refractivity contribution is -0.0111. The van der Waals surface area contributed by atoms with E-state index in [9.17, 15) is 0 Å². The fourth-order valence-electron chi connectivity index (χ4n) is 1.83. The van der Waals surface area contributed by atoms with E-state index in [0.717, 1.165) is 30.8 Å². The largest absolute Gasteiger partial charge is 0.489 e. The summed E-state index contributed by atoms with van der Waals surface area (Å²) in [5, 5.41) is 0. The first-order valence-corrected chi connectivity index (χ1v) is 6.66. The second-order valence-electron chi connectivity index (χ2n) is 4.14. The molecule has 0 saturated carbocycles. The summed E-state index contributed by atoms with van der Waals surface area (Å²) in [4.78, 5) is 4.09. The highest BCUT2D eigenvalue weighted by atomic mass is 35.5. The highest BCUT2D eigenvalue weighted by molar-refractivity contribution is 6.19. The Morgan fingerprint density at radius 1 is 1.44 bits per heavy atom. The molecule has 0 bridgehead atoms. The average molecular weight is 266 g/mol.